The number of hydrogen-bond donors (Lipinski definition) is 0. The van der Waals surface area contributed by atoms with Gasteiger partial charge in [0.2, 0.25) is 0 Å². The van der Waals surface area contributed by atoms with Gasteiger partial charge in [-0.15, -0.1) is 0 Å². The lowest BCUT2D eigenvalue weighted by Gasteiger charge is -2.17. The molecule has 0 spiro atoms. The van der Waals surface area contributed by atoms with E-state index in [1.54, 1.807) is 7.11 Å². The summed E-state index contributed by atoms with van der Waals surface area (Å²) in [5.74, 6) is 0. The van der Waals surface area contributed by atoms with Crippen LogP contribution < -0.4 is 0 Å². The van der Waals surface area contributed by atoms with Crippen LogP contribution in [0, 0.1) is 6.92 Å². The van der Waals surface area contributed by atoms with Crippen molar-refractivity contribution in [3.05, 3.63) is 33.8 Å². The molecule has 2 rings (SSSR count). The van der Waals surface area contributed by atoms with E-state index in [1.807, 2.05) is 0 Å². The van der Waals surface area contributed by atoms with E-state index < -0.39 is 0 Å². The van der Waals surface area contributed by atoms with Gasteiger partial charge in [0.1, 0.15) is 0 Å². The van der Waals surface area contributed by atoms with E-state index in [9.17, 15) is 0 Å². The molecule has 1 atom stereocenters. The summed E-state index contributed by atoms with van der Waals surface area (Å²) < 4.78 is 6.59. The van der Waals surface area contributed by atoms with Gasteiger partial charge in [-0.2, -0.15) is 0 Å². The van der Waals surface area contributed by atoms with Gasteiger partial charge in [-0.3, -0.25) is 4.90 Å². The Labute approximate surface area is 106 Å². The van der Waals surface area contributed by atoms with Crippen LogP contribution in [0.5, 0.6) is 0 Å². The summed E-state index contributed by atoms with van der Waals surface area (Å²) in [7, 11) is 1.80. The lowest BCUT2D eigenvalue weighted by Crippen LogP contribution is -2.22. The number of methoxy groups -OCH3 is 1. The summed E-state index contributed by atoms with van der Waals surface area (Å²) in [5.41, 5.74) is 2.69. The first kappa shape index (κ1) is 12.1. The Balaban J connectivity index is 2.01. The Morgan fingerprint density at radius 2 is 2.31 bits per heavy atom. The van der Waals surface area contributed by atoms with E-state index in [0.717, 1.165) is 26.1 Å². The molecule has 88 valence electrons. The normalized spacial score (nSPS) is 21.6. The lowest BCUT2D eigenvalue weighted by atomic mass is 10.1. The van der Waals surface area contributed by atoms with Crippen LogP contribution in [-0.4, -0.2) is 31.2 Å². The second-order valence-corrected chi connectivity index (χ2v) is 5.33. The van der Waals surface area contributed by atoms with Crippen LogP contribution >= 0.6 is 15.9 Å². The van der Waals surface area contributed by atoms with Crippen molar-refractivity contribution in [1.82, 2.24) is 4.90 Å². The second kappa shape index (κ2) is 5.30. The number of benzene rings is 1. The fraction of sp³-hybridized carbons (Fsp3) is 0.538. The van der Waals surface area contributed by atoms with Gasteiger partial charge in [0.05, 0.1) is 6.10 Å². The maximum absolute atomic E-state index is 5.38. The van der Waals surface area contributed by atoms with Gasteiger partial charge >= 0.3 is 0 Å². The Morgan fingerprint density at radius 3 is 3.00 bits per heavy atom. The van der Waals surface area contributed by atoms with Crippen LogP contribution in [0.25, 0.3) is 0 Å². The SMILES string of the molecule is COC1CCN(Cc2cc(C)ccc2Br)C1. The van der Waals surface area contributed by atoms with Crippen molar-refractivity contribution in [2.75, 3.05) is 20.2 Å². The third-order valence-electron chi connectivity index (χ3n) is 3.16. The molecule has 3 heteroatoms. The molecular weight excluding hydrogens is 266 g/mol. The van der Waals surface area contributed by atoms with Crippen LogP contribution in [0.1, 0.15) is 17.5 Å². The summed E-state index contributed by atoms with van der Waals surface area (Å²) in [4.78, 5) is 2.45. The van der Waals surface area contributed by atoms with Crippen molar-refractivity contribution >= 4 is 15.9 Å². The fourth-order valence-corrected chi connectivity index (χ4v) is 2.57. The van der Waals surface area contributed by atoms with E-state index in [4.69, 9.17) is 4.74 Å². The Morgan fingerprint density at radius 1 is 1.50 bits per heavy atom. The van der Waals surface area contributed by atoms with Crippen LogP contribution in [0.3, 0.4) is 0 Å². The molecule has 1 heterocycles. The first-order chi connectivity index (χ1) is 7.69. The van der Waals surface area contributed by atoms with E-state index in [0.29, 0.717) is 6.10 Å². The van der Waals surface area contributed by atoms with Crippen molar-refractivity contribution in [3.8, 4) is 0 Å². The number of nitrogens with zero attached hydrogens (tertiary/aromatic N) is 1. The molecule has 1 unspecified atom stereocenters. The van der Waals surface area contributed by atoms with E-state index >= 15 is 0 Å². The number of halogens is 1. The zero-order chi connectivity index (χ0) is 11.5. The molecule has 1 saturated heterocycles. The zero-order valence-corrected chi connectivity index (χ0v) is 11.5. The number of rotatable bonds is 3. The Bertz CT molecular complexity index is 367. The molecule has 2 nitrogen and oxygen atoms in total. The Hall–Kier alpha value is -0.380. The third-order valence-corrected chi connectivity index (χ3v) is 3.93. The molecule has 16 heavy (non-hydrogen) atoms. The van der Waals surface area contributed by atoms with Gasteiger partial charge in [-0.05, 0) is 25.0 Å². The number of ether oxygens (including phenoxy) is 1. The highest BCUT2D eigenvalue weighted by Gasteiger charge is 2.22. The third kappa shape index (κ3) is 2.84. The minimum Gasteiger partial charge on any atom is -0.380 e. The molecule has 1 aliphatic heterocycles. The largest absolute Gasteiger partial charge is 0.380 e. The number of aryl methyl sites for hydroxylation is 1. The first-order valence-electron chi connectivity index (χ1n) is 5.69. The standard InChI is InChI=1S/C13H18BrNO/c1-10-3-4-13(14)11(7-10)8-15-6-5-12(9-15)16-2/h3-4,7,12H,5-6,8-9H2,1-2H3. The van der Waals surface area contributed by atoms with Crippen LogP contribution in [-0.2, 0) is 11.3 Å². The zero-order valence-electron chi connectivity index (χ0n) is 9.87. The van der Waals surface area contributed by atoms with E-state index in [1.165, 1.54) is 15.6 Å². The molecule has 0 aliphatic carbocycles. The molecule has 1 fully saturated rings. The van der Waals surface area contributed by atoms with Crippen LogP contribution in [0.15, 0.2) is 22.7 Å². The van der Waals surface area contributed by atoms with Gasteiger partial charge in [0, 0.05) is 31.2 Å². The van der Waals surface area contributed by atoms with Gasteiger partial charge in [-0.25, -0.2) is 0 Å². The molecule has 1 aromatic rings. The molecule has 0 amide bonds. The summed E-state index contributed by atoms with van der Waals surface area (Å²) >= 11 is 3.61. The van der Waals surface area contributed by atoms with Gasteiger partial charge in [0.15, 0.2) is 0 Å². The maximum atomic E-state index is 5.38. The summed E-state index contributed by atoms with van der Waals surface area (Å²) in [5, 5.41) is 0. The van der Waals surface area contributed by atoms with Crippen molar-refractivity contribution in [2.24, 2.45) is 0 Å². The van der Waals surface area contributed by atoms with Crippen molar-refractivity contribution in [3.63, 3.8) is 0 Å². The molecular formula is C13H18BrNO. The maximum Gasteiger partial charge on any atom is 0.0710 e. The highest BCUT2D eigenvalue weighted by molar-refractivity contribution is 9.10. The van der Waals surface area contributed by atoms with Gasteiger partial charge < -0.3 is 4.74 Å². The minimum absolute atomic E-state index is 0.420. The molecule has 0 bridgehead atoms. The minimum atomic E-state index is 0.420. The molecule has 0 aromatic heterocycles. The first-order valence-corrected chi connectivity index (χ1v) is 6.48. The van der Waals surface area contributed by atoms with E-state index in [-0.39, 0.29) is 0 Å². The average Bonchev–Trinajstić information content (AvgIpc) is 2.71. The summed E-state index contributed by atoms with van der Waals surface area (Å²) in [6, 6.07) is 6.52. The predicted molar refractivity (Wildman–Crippen MR) is 69.6 cm³/mol. The average molecular weight is 284 g/mol. The number of likely N-dealkylation sites (tertiary alicyclic amines) is 1. The van der Waals surface area contributed by atoms with Crippen LogP contribution in [0.2, 0.25) is 0 Å². The summed E-state index contributed by atoms with van der Waals surface area (Å²) in [6.45, 7) is 5.34. The van der Waals surface area contributed by atoms with Crippen molar-refractivity contribution in [1.29, 1.82) is 0 Å². The smallest absolute Gasteiger partial charge is 0.0710 e. The van der Waals surface area contributed by atoms with Gasteiger partial charge in [0.25, 0.3) is 0 Å². The molecule has 0 N–H and O–H groups in total. The highest BCUT2D eigenvalue weighted by atomic mass is 79.9. The lowest BCUT2D eigenvalue weighted by molar-refractivity contribution is 0.107. The van der Waals surface area contributed by atoms with E-state index in [2.05, 4.69) is 46.0 Å². The van der Waals surface area contributed by atoms with Crippen LogP contribution in [0.4, 0.5) is 0 Å². The molecule has 1 aliphatic rings. The number of hydrogen-bond acceptors (Lipinski definition) is 2. The quantitative estimate of drug-likeness (QED) is 0.846. The van der Waals surface area contributed by atoms with Gasteiger partial charge in [-0.1, -0.05) is 33.6 Å². The van der Waals surface area contributed by atoms with Crippen molar-refractivity contribution < 1.29 is 4.74 Å². The molecule has 0 radical (unpaired) electrons. The predicted octanol–water partition coefficient (Wildman–Crippen LogP) is 2.98. The molecule has 0 saturated carbocycles. The fourth-order valence-electron chi connectivity index (χ4n) is 2.20. The second-order valence-electron chi connectivity index (χ2n) is 4.48. The summed E-state index contributed by atoms with van der Waals surface area (Å²) in [6.07, 6.45) is 1.57. The topological polar surface area (TPSA) is 12.5 Å². The highest BCUT2D eigenvalue weighted by Crippen LogP contribution is 2.22. The molecule has 1 aromatic carbocycles. The Kier molecular flexibility index (Phi) is 4.00. The van der Waals surface area contributed by atoms with Crippen molar-refractivity contribution in [2.45, 2.75) is 26.0 Å². The monoisotopic (exact) mass is 283 g/mol.